The second-order valence-electron chi connectivity index (χ2n) is 4.54. The van der Waals surface area contributed by atoms with Crippen LogP contribution in [-0.4, -0.2) is 35.9 Å². The van der Waals surface area contributed by atoms with Crippen molar-refractivity contribution in [2.75, 3.05) is 13.2 Å². The first-order chi connectivity index (χ1) is 6.96. The Hall–Kier alpha value is -0.610. The van der Waals surface area contributed by atoms with Crippen molar-refractivity contribution < 1.29 is 14.6 Å². The van der Waals surface area contributed by atoms with E-state index >= 15 is 0 Å². The van der Waals surface area contributed by atoms with E-state index in [-0.39, 0.29) is 17.9 Å². The second-order valence-corrected chi connectivity index (χ2v) is 4.54. The highest BCUT2D eigenvalue weighted by molar-refractivity contribution is 5.79. The summed E-state index contributed by atoms with van der Waals surface area (Å²) >= 11 is 0. The van der Waals surface area contributed by atoms with Gasteiger partial charge in [-0.3, -0.25) is 4.79 Å². The van der Waals surface area contributed by atoms with Gasteiger partial charge in [-0.2, -0.15) is 0 Å². The second kappa shape index (κ2) is 4.94. The van der Waals surface area contributed by atoms with Crippen LogP contribution in [0.4, 0.5) is 0 Å². The molecule has 0 spiro atoms. The molecule has 1 aliphatic rings. The van der Waals surface area contributed by atoms with Crippen LogP contribution in [-0.2, 0) is 9.53 Å². The zero-order valence-corrected chi connectivity index (χ0v) is 9.75. The summed E-state index contributed by atoms with van der Waals surface area (Å²) in [6, 6.07) is 0. The lowest BCUT2D eigenvalue weighted by atomic mass is 10.00. The van der Waals surface area contributed by atoms with Gasteiger partial charge in [0.15, 0.2) is 0 Å². The smallest absolute Gasteiger partial charge is 0.225 e. The maximum absolute atomic E-state index is 11.7. The molecule has 1 saturated heterocycles. The lowest BCUT2D eigenvalue weighted by Crippen LogP contribution is -2.43. The number of carbonyl (C=O) groups excluding carboxylic acids is 1. The fourth-order valence-corrected chi connectivity index (χ4v) is 1.61. The molecular weight excluding hydrogens is 194 g/mol. The van der Waals surface area contributed by atoms with Gasteiger partial charge in [0, 0.05) is 13.2 Å². The number of hydrogen-bond donors (Lipinski definition) is 2. The molecule has 4 heteroatoms. The molecule has 0 bridgehead atoms. The maximum atomic E-state index is 11.7. The highest BCUT2D eigenvalue weighted by Gasteiger charge is 2.31. The van der Waals surface area contributed by atoms with Crippen molar-refractivity contribution in [3.05, 3.63) is 0 Å². The van der Waals surface area contributed by atoms with Crippen molar-refractivity contribution >= 4 is 5.91 Å². The molecule has 1 fully saturated rings. The molecule has 1 heterocycles. The van der Waals surface area contributed by atoms with Crippen LogP contribution in [0.1, 0.15) is 33.6 Å². The van der Waals surface area contributed by atoms with Crippen LogP contribution in [0.25, 0.3) is 0 Å². The molecule has 3 atom stereocenters. The van der Waals surface area contributed by atoms with E-state index < -0.39 is 5.60 Å². The average molecular weight is 215 g/mol. The van der Waals surface area contributed by atoms with Gasteiger partial charge in [0.1, 0.15) is 0 Å². The predicted molar refractivity (Wildman–Crippen MR) is 57.4 cm³/mol. The summed E-state index contributed by atoms with van der Waals surface area (Å²) in [4.78, 5) is 11.7. The van der Waals surface area contributed by atoms with Crippen LogP contribution in [0.3, 0.4) is 0 Å². The molecule has 1 rings (SSSR count). The Morgan fingerprint density at radius 3 is 2.80 bits per heavy atom. The molecule has 0 aromatic carbocycles. The lowest BCUT2D eigenvalue weighted by molar-refractivity contribution is -0.127. The normalized spacial score (nSPS) is 29.9. The number of rotatable bonds is 4. The molecule has 2 N–H and O–H groups in total. The molecule has 0 aromatic heterocycles. The number of hydrogen-bond acceptors (Lipinski definition) is 3. The Kier molecular flexibility index (Phi) is 4.11. The maximum Gasteiger partial charge on any atom is 0.225 e. The summed E-state index contributed by atoms with van der Waals surface area (Å²) < 4.78 is 5.32. The van der Waals surface area contributed by atoms with Crippen LogP contribution in [0, 0.1) is 5.92 Å². The van der Waals surface area contributed by atoms with Gasteiger partial charge < -0.3 is 15.2 Å². The number of ether oxygens (including phenoxy) is 1. The van der Waals surface area contributed by atoms with Crippen molar-refractivity contribution in [1.29, 1.82) is 0 Å². The largest absolute Gasteiger partial charge is 0.388 e. The van der Waals surface area contributed by atoms with E-state index in [1.54, 1.807) is 6.92 Å². The first-order valence-electron chi connectivity index (χ1n) is 5.58. The van der Waals surface area contributed by atoms with Crippen LogP contribution in [0.5, 0.6) is 0 Å². The van der Waals surface area contributed by atoms with Gasteiger partial charge in [-0.05, 0) is 26.7 Å². The Morgan fingerprint density at radius 1 is 1.67 bits per heavy atom. The molecule has 3 unspecified atom stereocenters. The van der Waals surface area contributed by atoms with E-state index in [1.807, 2.05) is 13.8 Å². The van der Waals surface area contributed by atoms with Gasteiger partial charge in [0.05, 0.1) is 17.6 Å². The van der Waals surface area contributed by atoms with Crippen LogP contribution in [0.2, 0.25) is 0 Å². The SMILES string of the molecule is CCC(C)(O)CNC(=O)C1CCOC1C. The van der Waals surface area contributed by atoms with Crippen molar-refractivity contribution in [3.63, 3.8) is 0 Å². The Balaban J connectivity index is 2.36. The predicted octanol–water partition coefficient (Wildman–Crippen LogP) is 0.689. The molecule has 0 radical (unpaired) electrons. The number of nitrogens with one attached hydrogen (secondary N) is 1. The Bertz CT molecular complexity index is 228. The summed E-state index contributed by atoms with van der Waals surface area (Å²) in [5.41, 5.74) is -0.807. The topological polar surface area (TPSA) is 58.6 Å². The quantitative estimate of drug-likeness (QED) is 0.725. The van der Waals surface area contributed by atoms with Crippen molar-refractivity contribution in [1.82, 2.24) is 5.32 Å². The molecule has 88 valence electrons. The minimum absolute atomic E-state index is 0.00317. The van der Waals surface area contributed by atoms with Crippen LogP contribution < -0.4 is 5.32 Å². The van der Waals surface area contributed by atoms with E-state index in [0.29, 0.717) is 19.6 Å². The van der Waals surface area contributed by atoms with Gasteiger partial charge in [0.2, 0.25) is 5.91 Å². The fourth-order valence-electron chi connectivity index (χ4n) is 1.61. The summed E-state index contributed by atoms with van der Waals surface area (Å²) in [7, 11) is 0. The van der Waals surface area contributed by atoms with E-state index in [2.05, 4.69) is 5.32 Å². The van der Waals surface area contributed by atoms with Crippen molar-refractivity contribution in [2.45, 2.75) is 45.3 Å². The third-order valence-corrected chi connectivity index (χ3v) is 3.12. The third-order valence-electron chi connectivity index (χ3n) is 3.12. The number of carbonyl (C=O) groups is 1. The zero-order valence-electron chi connectivity index (χ0n) is 9.75. The molecule has 0 aliphatic carbocycles. The molecule has 0 aromatic rings. The summed E-state index contributed by atoms with van der Waals surface area (Å²) in [5.74, 6) is -0.0635. The van der Waals surface area contributed by atoms with Gasteiger partial charge >= 0.3 is 0 Å². The number of amides is 1. The van der Waals surface area contributed by atoms with E-state index in [1.165, 1.54) is 0 Å². The van der Waals surface area contributed by atoms with Crippen molar-refractivity contribution in [2.24, 2.45) is 5.92 Å². The van der Waals surface area contributed by atoms with Crippen LogP contribution >= 0.6 is 0 Å². The number of aliphatic hydroxyl groups is 1. The molecular formula is C11H21NO3. The molecule has 0 saturated carbocycles. The molecule has 1 aliphatic heterocycles. The highest BCUT2D eigenvalue weighted by atomic mass is 16.5. The van der Waals surface area contributed by atoms with E-state index in [4.69, 9.17) is 4.74 Å². The average Bonchev–Trinajstić information content (AvgIpc) is 2.61. The summed E-state index contributed by atoms with van der Waals surface area (Å²) in [6.07, 6.45) is 1.40. The minimum atomic E-state index is -0.807. The molecule has 4 nitrogen and oxygen atoms in total. The summed E-state index contributed by atoms with van der Waals surface area (Å²) in [6.45, 7) is 6.50. The fraction of sp³-hybridized carbons (Fsp3) is 0.909. The minimum Gasteiger partial charge on any atom is -0.388 e. The molecule has 1 amide bonds. The standard InChI is InChI=1S/C11H21NO3/c1-4-11(3,14)7-12-10(13)9-5-6-15-8(9)2/h8-9,14H,4-7H2,1-3H3,(H,12,13). The van der Waals surface area contributed by atoms with Gasteiger partial charge in [-0.1, -0.05) is 6.92 Å². The summed E-state index contributed by atoms with van der Waals surface area (Å²) in [5, 5.41) is 12.5. The zero-order chi connectivity index (χ0) is 11.5. The molecule has 15 heavy (non-hydrogen) atoms. The first kappa shape index (κ1) is 12.5. The first-order valence-corrected chi connectivity index (χ1v) is 5.58. The van der Waals surface area contributed by atoms with Gasteiger partial charge in [-0.25, -0.2) is 0 Å². The monoisotopic (exact) mass is 215 g/mol. The third kappa shape index (κ3) is 3.47. The van der Waals surface area contributed by atoms with E-state index in [0.717, 1.165) is 6.42 Å². The van der Waals surface area contributed by atoms with Gasteiger partial charge in [-0.15, -0.1) is 0 Å². The van der Waals surface area contributed by atoms with Crippen molar-refractivity contribution in [3.8, 4) is 0 Å². The Labute approximate surface area is 91.0 Å². The Morgan fingerprint density at radius 2 is 2.33 bits per heavy atom. The lowest BCUT2D eigenvalue weighted by Gasteiger charge is -2.23. The highest BCUT2D eigenvalue weighted by Crippen LogP contribution is 2.20. The van der Waals surface area contributed by atoms with Crippen LogP contribution in [0.15, 0.2) is 0 Å². The van der Waals surface area contributed by atoms with Gasteiger partial charge in [0.25, 0.3) is 0 Å². The van der Waals surface area contributed by atoms with E-state index in [9.17, 15) is 9.90 Å².